The van der Waals surface area contributed by atoms with Gasteiger partial charge in [-0.25, -0.2) is 4.98 Å². The van der Waals surface area contributed by atoms with Crippen molar-refractivity contribution in [2.75, 3.05) is 27.2 Å². The highest BCUT2D eigenvalue weighted by Gasteiger charge is 2.31. The molecular weight excluding hydrogens is 228 g/mol. The van der Waals surface area contributed by atoms with Crippen molar-refractivity contribution >= 4 is 5.91 Å². The Kier molecular flexibility index (Phi) is 3.58. The molecular formula is C13H16N4O. The summed E-state index contributed by atoms with van der Waals surface area (Å²) in [5.41, 5.74) is 1.23. The SMILES string of the molecule is CN(C)C1CN(C(=O)Cc2ccc(C#N)nc2)C1. The van der Waals surface area contributed by atoms with E-state index in [0.29, 0.717) is 18.2 Å². The third-order valence-electron chi connectivity index (χ3n) is 3.24. The highest BCUT2D eigenvalue weighted by Crippen LogP contribution is 2.14. The van der Waals surface area contributed by atoms with Crippen LogP contribution in [-0.2, 0) is 11.2 Å². The molecule has 1 amide bonds. The molecule has 1 aromatic rings. The summed E-state index contributed by atoms with van der Waals surface area (Å²) >= 11 is 0. The van der Waals surface area contributed by atoms with Crippen LogP contribution in [0, 0.1) is 11.3 Å². The molecule has 0 unspecified atom stereocenters. The van der Waals surface area contributed by atoms with Crippen LogP contribution in [-0.4, -0.2) is 53.9 Å². The van der Waals surface area contributed by atoms with E-state index in [9.17, 15) is 4.79 Å². The van der Waals surface area contributed by atoms with E-state index in [0.717, 1.165) is 18.7 Å². The Morgan fingerprint density at radius 2 is 2.28 bits per heavy atom. The fraction of sp³-hybridized carbons (Fsp3) is 0.462. The monoisotopic (exact) mass is 244 g/mol. The largest absolute Gasteiger partial charge is 0.339 e. The van der Waals surface area contributed by atoms with Gasteiger partial charge in [0.25, 0.3) is 0 Å². The lowest BCUT2D eigenvalue weighted by Gasteiger charge is -2.42. The van der Waals surface area contributed by atoms with E-state index in [-0.39, 0.29) is 5.91 Å². The number of amides is 1. The minimum atomic E-state index is 0.125. The van der Waals surface area contributed by atoms with Crippen LogP contribution in [0.1, 0.15) is 11.3 Å². The maximum absolute atomic E-state index is 11.9. The maximum atomic E-state index is 11.9. The Labute approximate surface area is 107 Å². The quantitative estimate of drug-likeness (QED) is 0.765. The molecule has 0 aliphatic carbocycles. The predicted molar refractivity (Wildman–Crippen MR) is 66.7 cm³/mol. The molecule has 1 fully saturated rings. The van der Waals surface area contributed by atoms with Crippen LogP contribution in [0.3, 0.4) is 0 Å². The summed E-state index contributed by atoms with van der Waals surface area (Å²) < 4.78 is 0. The summed E-state index contributed by atoms with van der Waals surface area (Å²) in [7, 11) is 4.05. The van der Waals surface area contributed by atoms with Crippen LogP contribution in [0.5, 0.6) is 0 Å². The second-order valence-corrected chi connectivity index (χ2v) is 4.76. The van der Waals surface area contributed by atoms with Gasteiger partial charge in [0.15, 0.2) is 0 Å². The maximum Gasteiger partial charge on any atom is 0.227 e. The Bertz CT molecular complexity index is 469. The lowest BCUT2D eigenvalue weighted by Crippen LogP contribution is -2.59. The lowest BCUT2D eigenvalue weighted by atomic mass is 10.1. The Hall–Kier alpha value is -1.93. The number of hydrogen-bond donors (Lipinski definition) is 0. The molecule has 2 heterocycles. The molecule has 0 aromatic carbocycles. The number of likely N-dealkylation sites (tertiary alicyclic amines) is 1. The summed E-state index contributed by atoms with van der Waals surface area (Å²) in [5.74, 6) is 0.125. The van der Waals surface area contributed by atoms with Crippen LogP contribution >= 0.6 is 0 Å². The number of hydrogen-bond acceptors (Lipinski definition) is 4. The van der Waals surface area contributed by atoms with E-state index < -0.39 is 0 Å². The van der Waals surface area contributed by atoms with E-state index in [2.05, 4.69) is 9.88 Å². The molecule has 0 spiro atoms. The third kappa shape index (κ3) is 2.66. The number of likely N-dealkylation sites (N-methyl/N-ethyl adjacent to an activating group) is 1. The van der Waals surface area contributed by atoms with Crippen molar-refractivity contribution in [3.05, 3.63) is 29.6 Å². The van der Waals surface area contributed by atoms with Gasteiger partial charge in [-0.05, 0) is 25.7 Å². The van der Waals surface area contributed by atoms with Crippen molar-refractivity contribution in [2.45, 2.75) is 12.5 Å². The number of aromatic nitrogens is 1. The van der Waals surface area contributed by atoms with Crippen molar-refractivity contribution in [2.24, 2.45) is 0 Å². The van der Waals surface area contributed by atoms with Crippen LogP contribution in [0.15, 0.2) is 18.3 Å². The van der Waals surface area contributed by atoms with Crippen LogP contribution in [0.2, 0.25) is 0 Å². The van der Waals surface area contributed by atoms with Crippen molar-refractivity contribution in [1.82, 2.24) is 14.8 Å². The molecule has 1 aromatic heterocycles. The van der Waals surface area contributed by atoms with Crippen LogP contribution in [0.4, 0.5) is 0 Å². The Morgan fingerprint density at radius 1 is 1.56 bits per heavy atom. The van der Waals surface area contributed by atoms with Gasteiger partial charge in [0.1, 0.15) is 11.8 Å². The third-order valence-corrected chi connectivity index (χ3v) is 3.24. The number of rotatable bonds is 3. The lowest BCUT2D eigenvalue weighted by molar-refractivity contribution is -0.137. The van der Waals surface area contributed by atoms with E-state index in [1.54, 1.807) is 18.3 Å². The minimum absolute atomic E-state index is 0.125. The van der Waals surface area contributed by atoms with Crippen molar-refractivity contribution in [1.29, 1.82) is 5.26 Å². The number of nitriles is 1. The van der Waals surface area contributed by atoms with E-state index in [1.807, 2.05) is 25.1 Å². The van der Waals surface area contributed by atoms with Gasteiger partial charge in [0.05, 0.1) is 6.42 Å². The highest BCUT2D eigenvalue weighted by atomic mass is 16.2. The summed E-state index contributed by atoms with van der Waals surface area (Å²) in [5, 5.41) is 8.63. The minimum Gasteiger partial charge on any atom is -0.339 e. The molecule has 1 aliphatic rings. The number of carbonyl (C=O) groups excluding carboxylic acids is 1. The zero-order valence-corrected chi connectivity index (χ0v) is 10.6. The zero-order valence-electron chi connectivity index (χ0n) is 10.6. The second-order valence-electron chi connectivity index (χ2n) is 4.76. The molecule has 5 heteroatoms. The topological polar surface area (TPSA) is 60.2 Å². The van der Waals surface area contributed by atoms with Crippen LogP contribution < -0.4 is 0 Å². The van der Waals surface area contributed by atoms with E-state index >= 15 is 0 Å². The molecule has 94 valence electrons. The van der Waals surface area contributed by atoms with Crippen molar-refractivity contribution in [3.63, 3.8) is 0 Å². The molecule has 0 saturated carbocycles. The Balaban J connectivity index is 1.87. The Morgan fingerprint density at radius 3 is 2.78 bits per heavy atom. The number of pyridine rings is 1. The number of carbonyl (C=O) groups is 1. The zero-order chi connectivity index (χ0) is 13.1. The van der Waals surface area contributed by atoms with Gasteiger partial charge < -0.3 is 9.80 Å². The van der Waals surface area contributed by atoms with Gasteiger partial charge in [-0.3, -0.25) is 4.79 Å². The summed E-state index contributed by atoms with van der Waals surface area (Å²) in [6.45, 7) is 1.60. The average Bonchev–Trinajstić information content (AvgIpc) is 2.27. The molecule has 0 N–H and O–H groups in total. The van der Waals surface area contributed by atoms with Gasteiger partial charge >= 0.3 is 0 Å². The first kappa shape index (κ1) is 12.5. The highest BCUT2D eigenvalue weighted by molar-refractivity contribution is 5.79. The van der Waals surface area contributed by atoms with Gasteiger partial charge in [-0.15, -0.1) is 0 Å². The van der Waals surface area contributed by atoms with Gasteiger partial charge in [-0.2, -0.15) is 5.26 Å². The predicted octanol–water partition coefficient (Wildman–Crippen LogP) is 0.268. The van der Waals surface area contributed by atoms with Crippen molar-refractivity contribution < 1.29 is 4.79 Å². The fourth-order valence-corrected chi connectivity index (χ4v) is 1.87. The van der Waals surface area contributed by atoms with Gasteiger partial charge in [-0.1, -0.05) is 6.07 Å². The normalized spacial score (nSPS) is 15.3. The smallest absolute Gasteiger partial charge is 0.227 e. The first-order valence-corrected chi connectivity index (χ1v) is 5.89. The molecule has 1 aliphatic heterocycles. The van der Waals surface area contributed by atoms with Crippen molar-refractivity contribution in [3.8, 4) is 6.07 Å². The van der Waals surface area contributed by atoms with E-state index in [1.165, 1.54) is 0 Å². The first-order chi connectivity index (χ1) is 8.60. The first-order valence-electron chi connectivity index (χ1n) is 5.89. The fourth-order valence-electron chi connectivity index (χ4n) is 1.87. The van der Waals surface area contributed by atoms with E-state index in [4.69, 9.17) is 5.26 Å². The van der Waals surface area contributed by atoms with Gasteiger partial charge in [0, 0.05) is 25.3 Å². The molecule has 0 atom stereocenters. The van der Waals surface area contributed by atoms with Gasteiger partial charge in [0.2, 0.25) is 5.91 Å². The summed E-state index contributed by atoms with van der Waals surface area (Å²) in [6, 6.07) is 5.86. The summed E-state index contributed by atoms with van der Waals surface area (Å²) in [4.78, 5) is 19.9. The molecule has 0 bridgehead atoms. The standard InChI is InChI=1S/C13H16N4O/c1-16(2)12-8-17(9-12)13(18)5-10-3-4-11(6-14)15-7-10/h3-4,7,12H,5,8-9H2,1-2H3. The van der Waals surface area contributed by atoms with Crippen LogP contribution in [0.25, 0.3) is 0 Å². The summed E-state index contributed by atoms with van der Waals surface area (Å²) in [6.07, 6.45) is 1.96. The molecule has 18 heavy (non-hydrogen) atoms. The molecule has 1 saturated heterocycles. The average molecular weight is 244 g/mol. The number of nitrogens with zero attached hydrogens (tertiary/aromatic N) is 4. The molecule has 0 radical (unpaired) electrons. The molecule has 5 nitrogen and oxygen atoms in total. The second kappa shape index (κ2) is 5.15. The molecule has 2 rings (SSSR count).